The van der Waals surface area contributed by atoms with E-state index < -0.39 is 0 Å². The molecule has 200 valence electrons. The number of nitrogens with zero attached hydrogens (tertiary/aromatic N) is 2. The molecule has 0 radical (unpaired) electrons. The van der Waals surface area contributed by atoms with Gasteiger partial charge in [-0.3, -0.25) is 9.97 Å². The molecule has 0 atom stereocenters. The number of thiophene rings is 1. The van der Waals surface area contributed by atoms with Crippen molar-refractivity contribution in [2.45, 2.75) is 53.4 Å². The van der Waals surface area contributed by atoms with Crippen molar-refractivity contribution in [3.8, 4) is 33.6 Å². The zero-order chi connectivity index (χ0) is 28.1. The molecule has 0 saturated carbocycles. The SMILES string of the molecule is CC(C)(C)Cc1cc2ccnc(-c3ccc4cccc(-c5cccc(-c6cc(C(C)(C)C)ccn6)c5)c4c3)c2s1. The van der Waals surface area contributed by atoms with Crippen LogP contribution in [0.5, 0.6) is 0 Å². The van der Waals surface area contributed by atoms with Crippen molar-refractivity contribution < 1.29 is 0 Å². The molecule has 3 heterocycles. The molecular weight excluding hydrogens is 504 g/mol. The summed E-state index contributed by atoms with van der Waals surface area (Å²) in [5.41, 5.74) is 8.40. The molecule has 0 spiro atoms. The largest absolute Gasteiger partial charge is 0.256 e. The normalized spacial score (nSPS) is 12.3. The number of rotatable bonds is 4. The molecule has 6 rings (SSSR count). The van der Waals surface area contributed by atoms with E-state index in [-0.39, 0.29) is 10.8 Å². The van der Waals surface area contributed by atoms with Crippen molar-refractivity contribution >= 4 is 32.2 Å². The Bertz CT molecular complexity index is 1850. The lowest BCUT2D eigenvalue weighted by atomic mass is 9.86. The third kappa shape index (κ3) is 5.31. The summed E-state index contributed by atoms with van der Waals surface area (Å²) in [6.07, 6.45) is 4.94. The predicted molar refractivity (Wildman–Crippen MR) is 173 cm³/mol. The Morgan fingerprint density at radius 1 is 0.650 bits per heavy atom. The van der Waals surface area contributed by atoms with Crippen molar-refractivity contribution in [2.75, 3.05) is 0 Å². The maximum Gasteiger partial charge on any atom is 0.0880 e. The molecule has 40 heavy (non-hydrogen) atoms. The Morgan fingerprint density at radius 2 is 1.43 bits per heavy atom. The monoisotopic (exact) mass is 540 g/mol. The van der Waals surface area contributed by atoms with Crippen molar-refractivity contribution in [1.82, 2.24) is 9.97 Å². The second-order valence-corrected chi connectivity index (χ2v) is 14.2. The van der Waals surface area contributed by atoms with Crippen LogP contribution in [-0.4, -0.2) is 9.97 Å². The first-order valence-electron chi connectivity index (χ1n) is 14.0. The van der Waals surface area contributed by atoms with E-state index in [4.69, 9.17) is 9.97 Å². The van der Waals surface area contributed by atoms with Crippen LogP contribution in [0.2, 0.25) is 0 Å². The third-order valence-corrected chi connectivity index (χ3v) is 8.60. The van der Waals surface area contributed by atoms with Gasteiger partial charge in [-0.2, -0.15) is 0 Å². The molecule has 0 unspecified atom stereocenters. The molecule has 0 amide bonds. The van der Waals surface area contributed by atoms with E-state index >= 15 is 0 Å². The Labute approximate surface area is 241 Å². The van der Waals surface area contributed by atoms with E-state index in [9.17, 15) is 0 Å². The van der Waals surface area contributed by atoms with E-state index in [0.717, 1.165) is 28.9 Å². The van der Waals surface area contributed by atoms with E-state index in [0.29, 0.717) is 0 Å². The lowest BCUT2D eigenvalue weighted by Gasteiger charge is -2.19. The van der Waals surface area contributed by atoms with E-state index in [2.05, 4.69) is 126 Å². The first-order chi connectivity index (χ1) is 19.0. The lowest BCUT2D eigenvalue weighted by Crippen LogP contribution is -2.11. The minimum absolute atomic E-state index is 0.0777. The van der Waals surface area contributed by atoms with Gasteiger partial charge in [-0.1, -0.05) is 90.1 Å². The summed E-state index contributed by atoms with van der Waals surface area (Å²) in [7, 11) is 0. The molecule has 0 aliphatic heterocycles. The van der Waals surface area contributed by atoms with Gasteiger partial charge in [0.15, 0.2) is 0 Å². The highest BCUT2D eigenvalue weighted by Crippen LogP contribution is 2.39. The van der Waals surface area contributed by atoms with Crippen LogP contribution in [0, 0.1) is 5.41 Å². The zero-order valence-electron chi connectivity index (χ0n) is 24.2. The highest BCUT2D eigenvalue weighted by atomic mass is 32.1. The van der Waals surface area contributed by atoms with Gasteiger partial charge in [0, 0.05) is 28.4 Å². The van der Waals surface area contributed by atoms with Crippen LogP contribution in [-0.2, 0) is 11.8 Å². The standard InChI is InChI=1S/C37H36N2S/c1-36(2,3)23-30-20-28-15-17-39-34(35(28)40-30)27-14-13-24-9-8-12-31(32(24)21-27)25-10-7-11-26(19-25)33-22-29(16-18-38-33)37(4,5)6/h7-22H,23H2,1-6H3. The summed E-state index contributed by atoms with van der Waals surface area (Å²) < 4.78 is 1.27. The number of hydrogen-bond acceptors (Lipinski definition) is 3. The Morgan fingerprint density at radius 3 is 2.23 bits per heavy atom. The van der Waals surface area contributed by atoms with Crippen LogP contribution >= 0.6 is 11.3 Å². The predicted octanol–water partition coefficient (Wildman–Crippen LogP) is 10.7. The smallest absolute Gasteiger partial charge is 0.0880 e. The highest BCUT2D eigenvalue weighted by molar-refractivity contribution is 7.19. The summed E-state index contributed by atoms with van der Waals surface area (Å²) >= 11 is 1.88. The van der Waals surface area contributed by atoms with Crippen LogP contribution in [0.15, 0.2) is 97.3 Å². The van der Waals surface area contributed by atoms with Crippen molar-refractivity contribution in [1.29, 1.82) is 0 Å². The van der Waals surface area contributed by atoms with Gasteiger partial charge >= 0.3 is 0 Å². The molecule has 6 aromatic rings. The molecule has 0 aliphatic rings. The van der Waals surface area contributed by atoms with E-state index in [1.165, 1.54) is 42.4 Å². The topological polar surface area (TPSA) is 25.8 Å². The van der Waals surface area contributed by atoms with E-state index in [1.807, 2.05) is 23.7 Å². The van der Waals surface area contributed by atoms with Gasteiger partial charge in [-0.05, 0) is 86.5 Å². The molecular formula is C37H36N2S. The van der Waals surface area contributed by atoms with Gasteiger partial charge in [-0.15, -0.1) is 11.3 Å². The Kier molecular flexibility index (Phi) is 6.59. The van der Waals surface area contributed by atoms with Crippen LogP contribution in [0.25, 0.3) is 54.5 Å². The molecule has 0 saturated heterocycles. The Balaban J connectivity index is 1.45. The molecule has 0 aliphatic carbocycles. The maximum atomic E-state index is 4.88. The van der Waals surface area contributed by atoms with Crippen molar-refractivity contribution in [2.24, 2.45) is 5.41 Å². The highest BCUT2D eigenvalue weighted by Gasteiger charge is 2.17. The quantitative estimate of drug-likeness (QED) is 0.222. The van der Waals surface area contributed by atoms with Crippen LogP contribution < -0.4 is 0 Å². The van der Waals surface area contributed by atoms with Gasteiger partial charge in [0.05, 0.1) is 16.1 Å². The van der Waals surface area contributed by atoms with Gasteiger partial charge < -0.3 is 0 Å². The van der Waals surface area contributed by atoms with Gasteiger partial charge in [0.2, 0.25) is 0 Å². The average molecular weight is 541 g/mol. The van der Waals surface area contributed by atoms with Crippen molar-refractivity contribution in [3.63, 3.8) is 0 Å². The minimum atomic E-state index is 0.0777. The maximum absolute atomic E-state index is 4.88. The molecule has 2 nitrogen and oxygen atoms in total. The summed E-state index contributed by atoms with van der Waals surface area (Å²) in [6, 6.07) is 30.9. The van der Waals surface area contributed by atoms with Gasteiger partial charge in [-0.25, -0.2) is 0 Å². The van der Waals surface area contributed by atoms with Gasteiger partial charge in [0.1, 0.15) is 0 Å². The lowest BCUT2D eigenvalue weighted by molar-refractivity contribution is 0.415. The summed E-state index contributed by atoms with van der Waals surface area (Å²) in [5, 5.41) is 3.74. The number of benzene rings is 3. The minimum Gasteiger partial charge on any atom is -0.256 e. The molecule has 3 heteroatoms. The molecule has 0 fully saturated rings. The van der Waals surface area contributed by atoms with Crippen LogP contribution in [0.1, 0.15) is 52.0 Å². The molecule has 0 N–H and O–H groups in total. The second-order valence-electron chi connectivity index (χ2n) is 13.0. The van der Waals surface area contributed by atoms with E-state index in [1.54, 1.807) is 0 Å². The van der Waals surface area contributed by atoms with Crippen LogP contribution in [0.4, 0.5) is 0 Å². The fraction of sp³-hybridized carbons (Fsp3) is 0.243. The van der Waals surface area contributed by atoms with Crippen molar-refractivity contribution in [3.05, 3.63) is 108 Å². The first kappa shape index (κ1) is 26.4. The molecule has 3 aromatic carbocycles. The Hall–Kier alpha value is -3.82. The fourth-order valence-corrected chi connectivity index (χ4v) is 6.87. The number of fused-ring (bicyclic) bond motifs is 2. The fourth-order valence-electron chi connectivity index (χ4n) is 5.41. The summed E-state index contributed by atoms with van der Waals surface area (Å²) in [6.45, 7) is 13.6. The van der Waals surface area contributed by atoms with Gasteiger partial charge in [0.25, 0.3) is 0 Å². The molecule has 3 aromatic heterocycles. The third-order valence-electron chi connectivity index (χ3n) is 7.44. The van der Waals surface area contributed by atoms with Crippen LogP contribution in [0.3, 0.4) is 0 Å². The average Bonchev–Trinajstić information content (AvgIpc) is 3.33. The summed E-state index contributed by atoms with van der Waals surface area (Å²) in [5.74, 6) is 0. The number of pyridine rings is 2. The first-order valence-corrected chi connectivity index (χ1v) is 14.8. The summed E-state index contributed by atoms with van der Waals surface area (Å²) in [4.78, 5) is 11.0. The molecule has 0 bridgehead atoms. The number of hydrogen-bond donors (Lipinski definition) is 0. The second kappa shape index (κ2) is 9.98. The number of aromatic nitrogens is 2. The zero-order valence-corrected chi connectivity index (χ0v) is 25.1.